The van der Waals surface area contributed by atoms with E-state index in [-0.39, 0.29) is 29.6 Å². The molecule has 0 bridgehead atoms. The second kappa shape index (κ2) is 10.4. The van der Waals surface area contributed by atoms with Crippen LogP contribution in [-0.2, 0) is 21.4 Å². The second-order valence-corrected chi connectivity index (χ2v) is 9.70. The van der Waals surface area contributed by atoms with Gasteiger partial charge >= 0.3 is 0 Å². The quantitative estimate of drug-likeness (QED) is 0.621. The van der Waals surface area contributed by atoms with Crippen molar-refractivity contribution in [3.05, 3.63) is 47.0 Å². The smallest absolute Gasteiger partial charge is 0.246 e. The molecule has 1 amide bonds. The molecule has 1 saturated heterocycles. The van der Waals surface area contributed by atoms with Crippen molar-refractivity contribution in [2.24, 2.45) is 5.92 Å². The van der Waals surface area contributed by atoms with Crippen LogP contribution in [0.5, 0.6) is 17.2 Å². The maximum absolute atomic E-state index is 13.3. The Hall–Kier alpha value is -2.49. The molecule has 1 fully saturated rings. The van der Waals surface area contributed by atoms with Crippen LogP contribution in [0.3, 0.4) is 0 Å². The standard InChI is InChI=1S/C22H27ClN2O6S/c1-29-18-7-4-8-19(30-2)17(18)13-24-22(26)15-6-5-11-25(14-15)32(27,28)21-12-16(23)9-10-20(21)31-3/h4,7-10,12,15H,5-6,11,13-14H2,1-3H3,(H,24,26). The van der Waals surface area contributed by atoms with Crippen LogP contribution in [0.25, 0.3) is 0 Å². The first-order valence-electron chi connectivity index (χ1n) is 10.1. The van der Waals surface area contributed by atoms with Gasteiger partial charge in [-0.15, -0.1) is 0 Å². The lowest BCUT2D eigenvalue weighted by Gasteiger charge is -2.31. The van der Waals surface area contributed by atoms with Gasteiger partial charge in [-0.25, -0.2) is 8.42 Å². The van der Waals surface area contributed by atoms with Gasteiger partial charge in [0.2, 0.25) is 15.9 Å². The van der Waals surface area contributed by atoms with Crippen LogP contribution in [0, 0.1) is 5.92 Å². The minimum absolute atomic E-state index is 0.00711. The molecule has 3 rings (SSSR count). The predicted octanol–water partition coefficient (Wildman–Crippen LogP) is 3.08. The van der Waals surface area contributed by atoms with E-state index in [9.17, 15) is 13.2 Å². The number of rotatable bonds is 8. The van der Waals surface area contributed by atoms with Gasteiger partial charge in [0.1, 0.15) is 22.1 Å². The van der Waals surface area contributed by atoms with Crippen molar-refractivity contribution < 1.29 is 27.4 Å². The zero-order valence-electron chi connectivity index (χ0n) is 18.3. The number of piperidine rings is 1. The number of halogens is 1. The van der Waals surface area contributed by atoms with E-state index in [2.05, 4.69) is 5.32 Å². The van der Waals surface area contributed by atoms with E-state index in [0.717, 1.165) is 5.56 Å². The molecule has 2 aromatic rings. The Bertz CT molecular complexity index is 1050. The average molecular weight is 483 g/mol. The number of nitrogens with zero attached hydrogens (tertiary/aromatic N) is 1. The highest BCUT2D eigenvalue weighted by Gasteiger charge is 2.35. The largest absolute Gasteiger partial charge is 0.496 e. The van der Waals surface area contributed by atoms with Crippen LogP contribution in [0.15, 0.2) is 41.3 Å². The average Bonchev–Trinajstić information content (AvgIpc) is 2.82. The van der Waals surface area contributed by atoms with E-state index in [1.807, 2.05) is 0 Å². The maximum Gasteiger partial charge on any atom is 0.246 e. The summed E-state index contributed by atoms with van der Waals surface area (Å²) in [7, 11) is 0.625. The highest BCUT2D eigenvalue weighted by molar-refractivity contribution is 7.89. The molecule has 1 atom stereocenters. The normalized spacial score (nSPS) is 16.9. The van der Waals surface area contributed by atoms with Gasteiger partial charge in [0.05, 0.1) is 39.4 Å². The van der Waals surface area contributed by atoms with E-state index in [0.29, 0.717) is 35.9 Å². The van der Waals surface area contributed by atoms with Gasteiger partial charge in [-0.1, -0.05) is 17.7 Å². The van der Waals surface area contributed by atoms with Crippen LogP contribution in [-0.4, -0.2) is 53.0 Å². The Kier molecular flexibility index (Phi) is 7.86. The Labute approximate surface area is 193 Å². The first-order valence-corrected chi connectivity index (χ1v) is 11.9. The zero-order valence-corrected chi connectivity index (χ0v) is 19.8. The maximum atomic E-state index is 13.3. The number of sulfonamides is 1. The van der Waals surface area contributed by atoms with Gasteiger partial charge in [-0.05, 0) is 43.2 Å². The van der Waals surface area contributed by atoms with Crippen LogP contribution in [0.1, 0.15) is 18.4 Å². The fraction of sp³-hybridized carbons (Fsp3) is 0.409. The summed E-state index contributed by atoms with van der Waals surface area (Å²) >= 11 is 6.02. The van der Waals surface area contributed by atoms with E-state index in [1.54, 1.807) is 38.5 Å². The Balaban J connectivity index is 1.74. The van der Waals surface area contributed by atoms with Crippen molar-refractivity contribution in [3.63, 3.8) is 0 Å². The molecule has 0 saturated carbocycles. The molecule has 10 heteroatoms. The van der Waals surface area contributed by atoms with Gasteiger partial charge in [0, 0.05) is 18.1 Å². The highest BCUT2D eigenvalue weighted by atomic mass is 35.5. The number of carbonyl (C=O) groups excluding carboxylic acids is 1. The van der Waals surface area contributed by atoms with E-state index >= 15 is 0 Å². The number of hydrogen-bond donors (Lipinski definition) is 1. The lowest BCUT2D eigenvalue weighted by molar-refractivity contribution is -0.126. The first-order chi connectivity index (χ1) is 15.3. The summed E-state index contributed by atoms with van der Waals surface area (Å²) in [6.45, 7) is 0.604. The Morgan fingerprint density at radius 2 is 1.75 bits per heavy atom. The molecule has 1 aliphatic rings. The zero-order chi connectivity index (χ0) is 23.3. The molecule has 1 unspecified atom stereocenters. The molecule has 0 radical (unpaired) electrons. The monoisotopic (exact) mass is 482 g/mol. The van der Waals surface area contributed by atoms with Crippen molar-refractivity contribution in [2.75, 3.05) is 34.4 Å². The summed E-state index contributed by atoms with van der Waals surface area (Å²) in [5.41, 5.74) is 0.717. The summed E-state index contributed by atoms with van der Waals surface area (Å²) in [6.07, 6.45) is 1.16. The molecule has 0 aromatic heterocycles. The van der Waals surface area contributed by atoms with Crippen molar-refractivity contribution in [3.8, 4) is 17.2 Å². The molecule has 1 heterocycles. The van der Waals surface area contributed by atoms with Gasteiger partial charge in [0.25, 0.3) is 0 Å². The molecule has 174 valence electrons. The fourth-order valence-electron chi connectivity index (χ4n) is 3.79. The molecule has 32 heavy (non-hydrogen) atoms. The number of nitrogens with one attached hydrogen (secondary N) is 1. The number of benzene rings is 2. The Morgan fingerprint density at radius 1 is 1.09 bits per heavy atom. The summed E-state index contributed by atoms with van der Waals surface area (Å²) in [5.74, 6) is 0.709. The minimum Gasteiger partial charge on any atom is -0.496 e. The van der Waals surface area contributed by atoms with Gasteiger partial charge in [-0.2, -0.15) is 4.31 Å². The van der Waals surface area contributed by atoms with E-state index < -0.39 is 15.9 Å². The molecule has 0 spiro atoms. The third kappa shape index (κ3) is 5.11. The molecule has 0 aliphatic carbocycles. The summed E-state index contributed by atoms with van der Waals surface area (Å²) < 4.78 is 43.8. The lowest BCUT2D eigenvalue weighted by Crippen LogP contribution is -2.45. The lowest BCUT2D eigenvalue weighted by atomic mass is 9.98. The molecule has 1 N–H and O–H groups in total. The predicted molar refractivity (Wildman–Crippen MR) is 121 cm³/mol. The minimum atomic E-state index is -3.88. The molecule has 2 aromatic carbocycles. The topological polar surface area (TPSA) is 94.2 Å². The molecule has 1 aliphatic heterocycles. The first kappa shape index (κ1) is 24.2. The highest BCUT2D eigenvalue weighted by Crippen LogP contribution is 2.32. The third-order valence-corrected chi connectivity index (χ3v) is 7.59. The van der Waals surface area contributed by atoms with Crippen LogP contribution < -0.4 is 19.5 Å². The van der Waals surface area contributed by atoms with Crippen LogP contribution in [0.4, 0.5) is 0 Å². The second-order valence-electron chi connectivity index (χ2n) is 7.36. The summed E-state index contributed by atoms with van der Waals surface area (Å²) in [4.78, 5) is 12.9. The van der Waals surface area contributed by atoms with Gasteiger partial charge in [0.15, 0.2) is 0 Å². The number of carbonyl (C=O) groups is 1. The molecule has 8 nitrogen and oxygen atoms in total. The van der Waals surface area contributed by atoms with Crippen molar-refractivity contribution in [2.45, 2.75) is 24.3 Å². The van der Waals surface area contributed by atoms with Gasteiger partial charge < -0.3 is 19.5 Å². The van der Waals surface area contributed by atoms with Crippen molar-refractivity contribution in [1.29, 1.82) is 0 Å². The third-order valence-electron chi connectivity index (χ3n) is 5.47. The number of ether oxygens (including phenoxy) is 3. The number of amides is 1. The van der Waals surface area contributed by atoms with E-state index in [1.165, 1.54) is 23.5 Å². The SMILES string of the molecule is COc1ccc(Cl)cc1S(=O)(=O)N1CCCC(C(=O)NCc2c(OC)cccc2OC)C1. The summed E-state index contributed by atoms with van der Waals surface area (Å²) in [6, 6.07) is 9.83. The van der Waals surface area contributed by atoms with Crippen LogP contribution >= 0.6 is 11.6 Å². The molecular weight excluding hydrogens is 456 g/mol. The van der Waals surface area contributed by atoms with Crippen LogP contribution in [0.2, 0.25) is 5.02 Å². The Morgan fingerprint density at radius 3 is 2.38 bits per heavy atom. The van der Waals surface area contributed by atoms with Crippen molar-refractivity contribution >= 4 is 27.5 Å². The van der Waals surface area contributed by atoms with Gasteiger partial charge in [-0.3, -0.25) is 4.79 Å². The summed E-state index contributed by atoms with van der Waals surface area (Å²) in [5, 5.41) is 3.19. The molecular formula is C22H27ClN2O6S. The number of methoxy groups -OCH3 is 3. The van der Waals surface area contributed by atoms with E-state index in [4.69, 9.17) is 25.8 Å². The number of hydrogen-bond acceptors (Lipinski definition) is 6. The van der Waals surface area contributed by atoms with Crippen molar-refractivity contribution in [1.82, 2.24) is 9.62 Å². The fourth-order valence-corrected chi connectivity index (χ4v) is 5.73.